The van der Waals surface area contributed by atoms with E-state index in [1.165, 1.54) is 6.07 Å². The average molecular weight is 388 g/mol. The van der Waals surface area contributed by atoms with Gasteiger partial charge < -0.3 is 25.4 Å². The number of para-hydroxylation sites is 1. The van der Waals surface area contributed by atoms with Gasteiger partial charge >= 0.3 is 13.1 Å². The Morgan fingerprint density at radius 3 is 2.68 bits per heavy atom. The Bertz CT molecular complexity index is 706. The molecule has 1 fully saturated rings. The van der Waals surface area contributed by atoms with E-state index in [0.717, 1.165) is 44.5 Å². The first-order chi connectivity index (χ1) is 13.5. The van der Waals surface area contributed by atoms with Gasteiger partial charge in [0.15, 0.2) is 0 Å². The van der Waals surface area contributed by atoms with E-state index in [9.17, 15) is 19.7 Å². The van der Waals surface area contributed by atoms with Crippen LogP contribution in [0.1, 0.15) is 48.0 Å². The second kappa shape index (κ2) is 9.54. The second-order valence-electron chi connectivity index (χ2n) is 7.95. The molecule has 28 heavy (non-hydrogen) atoms. The summed E-state index contributed by atoms with van der Waals surface area (Å²) < 4.78 is 5.48. The Kier molecular flexibility index (Phi) is 7.10. The van der Waals surface area contributed by atoms with Crippen molar-refractivity contribution in [1.29, 1.82) is 0 Å². The first-order valence-electron chi connectivity index (χ1n) is 10.1. The van der Waals surface area contributed by atoms with Gasteiger partial charge in [0, 0.05) is 18.7 Å². The highest BCUT2D eigenvalue weighted by Crippen LogP contribution is 2.36. The van der Waals surface area contributed by atoms with Gasteiger partial charge in [0.05, 0.1) is 5.56 Å². The maximum absolute atomic E-state index is 12.6. The van der Waals surface area contributed by atoms with Gasteiger partial charge in [0.2, 0.25) is 0 Å². The molecule has 2 aliphatic rings. The fraction of sp³-hybridized carbons (Fsp3) is 0.600. The standard InChI is InChI=1S/C20H29BN2O5/c22-7-2-8-23-9-5-14(6-10-23)11-17(24)13-16-12-15-3-1-4-18(20(25)26)19(15)28-21(16)27/h1,3-4,14,16,27H,2,5-13,22H2,(H,25,26)/t16-/m1/s1. The molecule has 0 bridgehead atoms. The third kappa shape index (κ3) is 5.13. The number of benzene rings is 1. The number of rotatable bonds is 8. The number of ketones is 1. The van der Waals surface area contributed by atoms with Crippen LogP contribution in [0, 0.1) is 5.92 Å². The van der Waals surface area contributed by atoms with Crippen LogP contribution in [-0.2, 0) is 11.2 Å². The number of hydrogen-bond acceptors (Lipinski definition) is 6. The number of nitrogens with two attached hydrogens (primary N) is 1. The molecule has 152 valence electrons. The van der Waals surface area contributed by atoms with Crippen LogP contribution in [0.25, 0.3) is 0 Å². The zero-order chi connectivity index (χ0) is 20.1. The van der Waals surface area contributed by atoms with Crippen molar-refractivity contribution in [3.05, 3.63) is 29.3 Å². The summed E-state index contributed by atoms with van der Waals surface area (Å²) in [6.07, 6.45) is 4.28. The minimum absolute atomic E-state index is 0.0442. The van der Waals surface area contributed by atoms with E-state index < -0.39 is 13.1 Å². The van der Waals surface area contributed by atoms with Gasteiger partial charge in [0.1, 0.15) is 11.5 Å². The minimum atomic E-state index is -1.16. The molecule has 1 aromatic rings. The summed E-state index contributed by atoms with van der Waals surface area (Å²) in [4.78, 5) is 26.3. The van der Waals surface area contributed by atoms with E-state index in [2.05, 4.69) is 4.90 Å². The van der Waals surface area contributed by atoms with Crippen LogP contribution in [0.15, 0.2) is 18.2 Å². The molecule has 0 aliphatic carbocycles. The fourth-order valence-corrected chi connectivity index (χ4v) is 4.25. The van der Waals surface area contributed by atoms with E-state index in [-0.39, 0.29) is 29.3 Å². The van der Waals surface area contributed by atoms with Crippen molar-refractivity contribution < 1.29 is 24.4 Å². The van der Waals surface area contributed by atoms with E-state index in [1.807, 2.05) is 0 Å². The van der Waals surface area contributed by atoms with Gasteiger partial charge in [-0.05, 0) is 69.4 Å². The summed E-state index contributed by atoms with van der Waals surface area (Å²) >= 11 is 0. The van der Waals surface area contributed by atoms with E-state index in [1.54, 1.807) is 12.1 Å². The molecule has 2 aliphatic heterocycles. The lowest BCUT2D eigenvalue weighted by molar-refractivity contribution is -0.120. The van der Waals surface area contributed by atoms with Crippen molar-refractivity contribution >= 4 is 18.9 Å². The number of hydrogen-bond donors (Lipinski definition) is 3. The summed E-state index contributed by atoms with van der Waals surface area (Å²) in [6.45, 7) is 3.76. The number of fused-ring (bicyclic) bond motifs is 1. The van der Waals surface area contributed by atoms with E-state index >= 15 is 0 Å². The number of aromatic carboxylic acids is 1. The second-order valence-corrected chi connectivity index (χ2v) is 7.95. The summed E-state index contributed by atoms with van der Waals surface area (Å²) in [7, 11) is -1.16. The van der Waals surface area contributed by atoms with Crippen molar-refractivity contribution in [2.24, 2.45) is 11.7 Å². The Labute approximate surface area is 166 Å². The molecule has 0 radical (unpaired) electrons. The summed E-state index contributed by atoms with van der Waals surface area (Å²) in [5.41, 5.74) is 6.34. The van der Waals surface area contributed by atoms with Crippen LogP contribution < -0.4 is 10.4 Å². The zero-order valence-corrected chi connectivity index (χ0v) is 16.2. The van der Waals surface area contributed by atoms with E-state index in [0.29, 0.717) is 25.3 Å². The highest BCUT2D eigenvalue weighted by Gasteiger charge is 2.38. The van der Waals surface area contributed by atoms with Gasteiger partial charge in [0.25, 0.3) is 0 Å². The van der Waals surface area contributed by atoms with Gasteiger partial charge in [-0.3, -0.25) is 4.79 Å². The van der Waals surface area contributed by atoms with Crippen LogP contribution >= 0.6 is 0 Å². The van der Waals surface area contributed by atoms with Crippen molar-refractivity contribution in [3.8, 4) is 5.75 Å². The molecule has 0 unspecified atom stereocenters. The molecule has 1 aromatic carbocycles. The van der Waals surface area contributed by atoms with Crippen molar-refractivity contribution in [3.63, 3.8) is 0 Å². The van der Waals surface area contributed by atoms with Crippen molar-refractivity contribution in [2.75, 3.05) is 26.2 Å². The fourth-order valence-electron chi connectivity index (χ4n) is 4.25. The Morgan fingerprint density at radius 1 is 1.25 bits per heavy atom. The lowest BCUT2D eigenvalue weighted by Crippen LogP contribution is -2.37. The smallest absolute Gasteiger partial charge is 0.526 e. The molecule has 1 saturated heterocycles. The van der Waals surface area contributed by atoms with Gasteiger partial charge in [-0.15, -0.1) is 0 Å². The van der Waals surface area contributed by atoms with Crippen LogP contribution in [0.5, 0.6) is 5.75 Å². The minimum Gasteiger partial charge on any atom is -0.535 e. The molecule has 7 nitrogen and oxygen atoms in total. The third-order valence-electron chi connectivity index (χ3n) is 5.84. The lowest BCUT2D eigenvalue weighted by atomic mass is 9.64. The highest BCUT2D eigenvalue weighted by atomic mass is 16.5. The zero-order valence-electron chi connectivity index (χ0n) is 16.2. The third-order valence-corrected chi connectivity index (χ3v) is 5.84. The van der Waals surface area contributed by atoms with Crippen molar-refractivity contribution in [1.82, 2.24) is 4.90 Å². The molecular formula is C20H29BN2O5. The van der Waals surface area contributed by atoms with Gasteiger partial charge in [-0.2, -0.15) is 0 Å². The number of carboxylic acids is 1. The van der Waals surface area contributed by atoms with Crippen molar-refractivity contribution in [2.45, 2.75) is 44.3 Å². The molecule has 4 N–H and O–H groups in total. The predicted molar refractivity (Wildman–Crippen MR) is 107 cm³/mol. The lowest BCUT2D eigenvalue weighted by Gasteiger charge is -2.32. The van der Waals surface area contributed by atoms with Crippen LogP contribution in [-0.4, -0.2) is 60.1 Å². The predicted octanol–water partition coefficient (Wildman–Crippen LogP) is 1.58. The quantitative estimate of drug-likeness (QED) is 0.580. The Morgan fingerprint density at radius 2 is 2.00 bits per heavy atom. The van der Waals surface area contributed by atoms with Gasteiger partial charge in [-0.25, -0.2) is 4.79 Å². The molecule has 0 spiro atoms. The molecule has 0 aromatic heterocycles. The maximum atomic E-state index is 12.6. The maximum Gasteiger partial charge on any atom is 0.526 e. The number of likely N-dealkylation sites (tertiary alicyclic amines) is 1. The summed E-state index contributed by atoms with van der Waals surface area (Å²) in [5, 5.41) is 19.6. The Hall–Kier alpha value is -1.90. The topological polar surface area (TPSA) is 113 Å². The highest BCUT2D eigenvalue weighted by molar-refractivity contribution is 6.47. The molecule has 8 heteroatoms. The number of carbonyl (C=O) groups excluding carboxylic acids is 1. The SMILES string of the molecule is NCCCN1CCC(CC(=O)C[C@H]2Cc3cccc(C(=O)O)c3OB2O)CC1. The number of nitrogens with zero attached hydrogens (tertiary/aromatic N) is 1. The molecule has 2 heterocycles. The van der Waals surface area contributed by atoms with Crippen LogP contribution in [0.4, 0.5) is 0 Å². The number of carboxylic acid groups (broad SMARTS) is 1. The monoisotopic (exact) mass is 388 g/mol. The van der Waals surface area contributed by atoms with Crippen LogP contribution in [0.2, 0.25) is 5.82 Å². The van der Waals surface area contributed by atoms with E-state index in [4.69, 9.17) is 10.4 Å². The number of piperidine rings is 1. The molecule has 0 saturated carbocycles. The summed E-state index contributed by atoms with van der Waals surface area (Å²) in [6, 6.07) is 4.92. The summed E-state index contributed by atoms with van der Waals surface area (Å²) in [5.74, 6) is -0.666. The molecular weight excluding hydrogens is 359 g/mol. The first-order valence-corrected chi connectivity index (χ1v) is 10.1. The average Bonchev–Trinajstić information content (AvgIpc) is 2.67. The number of carbonyl (C=O) groups is 2. The first kappa shape index (κ1) is 20.8. The largest absolute Gasteiger partial charge is 0.535 e. The number of Topliss-reactive ketones (excluding diaryl/α,β-unsaturated/α-hetero) is 1. The van der Waals surface area contributed by atoms with Crippen LogP contribution in [0.3, 0.4) is 0 Å². The molecule has 3 rings (SSSR count). The normalized spacial score (nSPS) is 20.5. The molecule has 0 amide bonds. The molecule has 1 atom stereocenters. The van der Waals surface area contributed by atoms with Gasteiger partial charge in [-0.1, -0.05) is 12.1 Å². The Balaban J connectivity index is 1.51.